The van der Waals surface area contributed by atoms with E-state index in [4.69, 9.17) is 14.6 Å². The Morgan fingerprint density at radius 2 is 1.87 bits per heavy atom. The molecular weight excluding hydrogens is 408 g/mol. The van der Waals surface area contributed by atoms with Gasteiger partial charge in [0.25, 0.3) is 5.91 Å². The van der Waals surface area contributed by atoms with E-state index in [1.165, 1.54) is 17.0 Å². The van der Waals surface area contributed by atoms with Gasteiger partial charge >= 0.3 is 0 Å². The number of carbonyl (C=O) groups excluding carboxylic acids is 1. The smallest absolute Gasteiger partial charge is 0.262 e. The van der Waals surface area contributed by atoms with E-state index in [0.717, 1.165) is 5.56 Å². The zero-order valence-corrected chi connectivity index (χ0v) is 18.1. The van der Waals surface area contributed by atoms with Crippen LogP contribution in [0.2, 0.25) is 0 Å². The number of sulfonamides is 1. The Balaban J connectivity index is 2.10. The first-order valence-corrected chi connectivity index (χ1v) is 10.7. The molecule has 1 atom stereocenters. The lowest BCUT2D eigenvalue weighted by Crippen LogP contribution is -2.35. The van der Waals surface area contributed by atoms with Crippen molar-refractivity contribution in [3.63, 3.8) is 0 Å². The summed E-state index contributed by atoms with van der Waals surface area (Å²) >= 11 is 0. The minimum absolute atomic E-state index is 0.0240. The van der Waals surface area contributed by atoms with Crippen molar-refractivity contribution < 1.29 is 22.7 Å². The third kappa shape index (κ3) is 6.46. The third-order valence-electron chi connectivity index (χ3n) is 3.95. The number of hydrazone groups is 1. The number of nitrogens with one attached hydrogen (secondary N) is 1. The van der Waals surface area contributed by atoms with Crippen LogP contribution in [0.3, 0.4) is 0 Å². The average molecular weight is 435 g/mol. The molecule has 0 bridgehead atoms. The zero-order valence-electron chi connectivity index (χ0n) is 17.3. The second-order valence-electron chi connectivity index (χ2n) is 6.57. The van der Waals surface area contributed by atoms with E-state index >= 15 is 0 Å². The second kappa shape index (κ2) is 10.1. The summed E-state index contributed by atoms with van der Waals surface area (Å²) in [6, 6.07) is 11.1. The van der Waals surface area contributed by atoms with Gasteiger partial charge in [-0.1, -0.05) is 0 Å². The van der Waals surface area contributed by atoms with Gasteiger partial charge in [-0.2, -0.15) is 5.10 Å². The summed E-state index contributed by atoms with van der Waals surface area (Å²) in [7, 11) is -0.397. The standard InChI is InChI=1S/C20H26N4O5S/c1-5-28-19-12-15(6-11-18(19)29-14(2)20(25)24(3)4)13-22-23-16-7-9-17(10-8-16)30(21,26)27/h6-14,23H,5H2,1-4H3,(H2,21,26,27)/b22-13+. The summed E-state index contributed by atoms with van der Waals surface area (Å²) in [5, 5.41) is 9.21. The van der Waals surface area contributed by atoms with Crippen LogP contribution < -0.4 is 20.0 Å². The van der Waals surface area contributed by atoms with Crippen molar-refractivity contribution in [2.24, 2.45) is 10.2 Å². The van der Waals surface area contributed by atoms with E-state index < -0.39 is 16.1 Å². The molecule has 10 heteroatoms. The Morgan fingerprint density at radius 3 is 2.43 bits per heavy atom. The summed E-state index contributed by atoms with van der Waals surface area (Å²) in [5.74, 6) is 0.807. The van der Waals surface area contributed by atoms with E-state index in [-0.39, 0.29) is 10.8 Å². The fourth-order valence-electron chi connectivity index (χ4n) is 2.48. The molecule has 2 aromatic carbocycles. The number of likely N-dealkylation sites (N-methyl/N-ethyl adjacent to an activating group) is 1. The van der Waals surface area contributed by atoms with Crippen LogP contribution in [0.5, 0.6) is 11.5 Å². The van der Waals surface area contributed by atoms with Gasteiger partial charge in [-0.25, -0.2) is 13.6 Å². The molecule has 2 rings (SSSR count). The normalized spacial score (nSPS) is 12.4. The predicted octanol–water partition coefficient (Wildman–Crippen LogP) is 2.03. The Morgan fingerprint density at radius 1 is 1.20 bits per heavy atom. The number of amides is 1. The van der Waals surface area contributed by atoms with Gasteiger partial charge in [-0.15, -0.1) is 0 Å². The van der Waals surface area contributed by atoms with Gasteiger partial charge in [0, 0.05) is 14.1 Å². The Kier molecular flexibility index (Phi) is 7.79. The Bertz CT molecular complexity index is 1000. The molecular formula is C20H26N4O5S. The van der Waals surface area contributed by atoms with Crippen molar-refractivity contribution in [2.45, 2.75) is 24.8 Å². The monoisotopic (exact) mass is 434 g/mol. The van der Waals surface area contributed by atoms with Crippen molar-refractivity contribution in [3.8, 4) is 11.5 Å². The fraction of sp³-hybridized carbons (Fsp3) is 0.300. The average Bonchev–Trinajstić information content (AvgIpc) is 2.69. The van der Waals surface area contributed by atoms with Crippen LogP contribution in [0.1, 0.15) is 19.4 Å². The first-order valence-electron chi connectivity index (χ1n) is 9.18. The highest BCUT2D eigenvalue weighted by Gasteiger charge is 2.18. The van der Waals surface area contributed by atoms with Gasteiger partial charge in [0.1, 0.15) is 0 Å². The maximum atomic E-state index is 12.0. The maximum Gasteiger partial charge on any atom is 0.262 e. The molecule has 0 heterocycles. The number of rotatable bonds is 9. The summed E-state index contributed by atoms with van der Waals surface area (Å²) in [6.07, 6.45) is 0.926. The second-order valence-corrected chi connectivity index (χ2v) is 8.13. The molecule has 1 unspecified atom stereocenters. The molecule has 0 saturated carbocycles. The molecule has 1 amide bonds. The molecule has 2 aromatic rings. The van der Waals surface area contributed by atoms with E-state index in [9.17, 15) is 13.2 Å². The number of carbonyl (C=O) groups is 1. The summed E-state index contributed by atoms with van der Waals surface area (Å²) in [6.45, 7) is 3.96. The number of ether oxygens (including phenoxy) is 2. The minimum Gasteiger partial charge on any atom is -0.490 e. The molecule has 0 saturated heterocycles. The number of anilines is 1. The number of nitrogens with zero attached hydrogens (tertiary/aromatic N) is 2. The quantitative estimate of drug-likeness (QED) is 0.460. The summed E-state index contributed by atoms with van der Waals surface area (Å²) in [5.41, 5.74) is 4.15. The zero-order chi connectivity index (χ0) is 22.3. The van der Waals surface area contributed by atoms with Crippen LogP contribution >= 0.6 is 0 Å². The van der Waals surface area contributed by atoms with Crippen LogP contribution in [-0.4, -0.2) is 52.2 Å². The first kappa shape index (κ1) is 23.2. The molecule has 162 valence electrons. The Labute approximate surface area is 176 Å². The third-order valence-corrected chi connectivity index (χ3v) is 4.88. The van der Waals surface area contributed by atoms with Crippen LogP contribution in [0.25, 0.3) is 0 Å². The molecule has 30 heavy (non-hydrogen) atoms. The largest absolute Gasteiger partial charge is 0.490 e. The van der Waals surface area contributed by atoms with E-state index in [1.54, 1.807) is 57.6 Å². The van der Waals surface area contributed by atoms with E-state index in [0.29, 0.717) is 23.8 Å². The van der Waals surface area contributed by atoms with Crippen molar-refractivity contribution in [1.82, 2.24) is 4.90 Å². The molecule has 9 nitrogen and oxygen atoms in total. The lowest BCUT2D eigenvalue weighted by molar-refractivity contribution is -0.135. The highest BCUT2D eigenvalue weighted by Crippen LogP contribution is 2.29. The molecule has 0 spiro atoms. The number of hydrogen-bond donors (Lipinski definition) is 2. The molecule has 0 fully saturated rings. The number of benzene rings is 2. The van der Waals surface area contributed by atoms with Gasteiger partial charge in [0.2, 0.25) is 10.0 Å². The van der Waals surface area contributed by atoms with Crippen molar-refractivity contribution in [3.05, 3.63) is 48.0 Å². The highest BCUT2D eigenvalue weighted by atomic mass is 32.2. The highest BCUT2D eigenvalue weighted by molar-refractivity contribution is 7.89. The molecule has 3 N–H and O–H groups in total. The minimum atomic E-state index is -3.73. The Hall–Kier alpha value is -3.11. The molecule has 0 aliphatic heterocycles. The number of nitrogens with two attached hydrogens (primary N) is 1. The van der Waals surface area contributed by atoms with E-state index in [2.05, 4.69) is 10.5 Å². The number of hydrogen-bond acceptors (Lipinski definition) is 7. The van der Waals surface area contributed by atoms with Gasteiger partial charge < -0.3 is 14.4 Å². The fourth-order valence-corrected chi connectivity index (χ4v) is 2.99. The van der Waals surface area contributed by atoms with E-state index in [1.807, 2.05) is 6.92 Å². The van der Waals surface area contributed by atoms with Crippen LogP contribution in [0.4, 0.5) is 5.69 Å². The van der Waals surface area contributed by atoms with Crippen LogP contribution in [-0.2, 0) is 14.8 Å². The summed E-state index contributed by atoms with van der Waals surface area (Å²) in [4.78, 5) is 13.5. The molecule has 0 aromatic heterocycles. The van der Waals surface area contributed by atoms with Gasteiger partial charge in [0.05, 0.1) is 23.4 Å². The van der Waals surface area contributed by atoms with Gasteiger partial charge in [0.15, 0.2) is 17.6 Å². The number of primary sulfonamides is 1. The van der Waals surface area contributed by atoms with Crippen molar-refractivity contribution in [2.75, 3.05) is 26.1 Å². The lowest BCUT2D eigenvalue weighted by Gasteiger charge is -2.20. The lowest BCUT2D eigenvalue weighted by atomic mass is 10.2. The van der Waals surface area contributed by atoms with Gasteiger partial charge in [-0.05, 0) is 61.9 Å². The van der Waals surface area contributed by atoms with Crippen LogP contribution in [0, 0.1) is 0 Å². The molecule has 0 aliphatic carbocycles. The summed E-state index contributed by atoms with van der Waals surface area (Å²) < 4.78 is 33.9. The first-order chi connectivity index (χ1) is 14.1. The molecule has 0 aliphatic rings. The maximum absolute atomic E-state index is 12.0. The van der Waals surface area contributed by atoms with Gasteiger partial charge in [-0.3, -0.25) is 10.2 Å². The molecule has 0 radical (unpaired) electrons. The van der Waals surface area contributed by atoms with Crippen LogP contribution in [0.15, 0.2) is 52.5 Å². The van der Waals surface area contributed by atoms with Crippen molar-refractivity contribution in [1.29, 1.82) is 0 Å². The topological polar surface area (TPSA) is 123 Å². The van der Waals surface area contributed by atoms with Crippen molar-refractivity contribution >= 4 is 27.8 Å². The predicted molar refractivity (Wildman–Crippen MR) is 115 cm³/mol. The SMILES string of the molecule is CCOc1cc(/C=N/Nc2ccc(S(N)(=O)=O)cc2)ccc1OC(C)C(=O)N(C)C.